The van der Waals surface area contributed by atoms with Crippen molar-refractivity contribution in [1.82, 2.24) is 10.2 Å². The van der Waals surface area contributed by atoms with Gasteiger partial charge in [0.1, 0.15) is 11.7 Å². The minimum Gasteiger partial charge on any atom is -0.299 e. The van der Waals surface area contributed by atoms with Crippen molar-refractivity contribution in [3.63, 3.8) is 0 Å². The Morgan fingerprint density at radius 1 is 1.29 bits per heavy atom. The molecule has 9 nitrogen and oxygen atoms in total. The highest BCUT2D eigenvalue weighted by Gasteiger charge is 2.33. The van der Waals surface area contributed by atoms with E-state index in [1.807, 2.05) is 0 Å². The van der Waals surface area contributed by atoms with Gasteiger partial charge in [0, 0.05) is 18.5 Å². The first kappa shape index (κ1) is 17.5. The van der Waals surface area contributed by atoms with Crippen molar-refractivity contribution >= 4 is 27.1 Å². The summed E-state index contributed by atoms with van der Waals surface area (Å²) >= 11 is 0. The molecule has 1 unspecified atom stereocenters. The molecule has 126 valence electrons. The van der Waals surface area contributed by atoms with Crippen molar-refractivity contribution in [2.24, 2.45) is 0 Å². The molecule has 0 bridgehead atoms. The first-order valence-corrected chi connectivity index (χ1v) is 8.54. The summed E-state index contributed by atoms with van der Waals surface area (Å²) in [6, 6.07) is 4.37. The lowest BCUT2D eigenvalue weighted by Gasteiger charge is -2.11. The van der Waals surface area contributed by atoms with E-state index < -0.39 is 37.9 Å². The van der Waals surface area contributed by atoms with E-state index in [1.165, 1.54) is 19.2 Å². The second-order valence-corrected chi connectivity index (χ2v) is 7.14. The normalized spacial score (nSPS) is 12.6. The molecular weight excluding hydrogens is 338 g/mol. The van der Waals surface area contributed by atoms with Crippen molar-refractivity contribution < 1.29 is 22.9 Å². The number of Topliss-reactive ketones (excluding diaryl/α,β-unsaturated/α-hetero) is 2. The van der Waals surface area contributed by atoms with Gasteiger partial charge in [0.05, 0.1) is 21.1 Å². The van der Waals surface area contributed by atoms with E-state index in [1.54, 1.807) is 0 Å². The molecule has 2 rings (SSSR count). The molecule has 0 spiro atoms. The zero-order valence-corrected chi connectivity index (χ0v) is 13.5. The van der Waals surface area contributed by atoms with E-state index in [-0.39, 0.29) is 16.2 Å². The second kappa shape index (κ2) is 6.32. The number of nitro benzene ring substituents is 1. The Bertz CT molecular complexity index is 918. The number of carbonyl (C=O) groups excluding carboxylic acids is 2. The number of rotatable bonds is 6. The second-order valence-electron chi connectivity index (χ2n) is 5.13. The first-order valence-electron chi connectivity index (χ1n) is 6.65. The van der Waals surface area contributed by atoms with Gasteiger partial charge in [-0.05, 0) is 25.1 Å². The maximum atomic E-state index is 12.6. The molecule has 0 saturated heterocycles. The predicted octanol–water partition coefficient (Wildman–Crippen LogP) is 1.28. The molecule has 1 atom stereocenters. The SMILES string of the molecule is CC(=O)C(C(=O)c1ccc(S(C)(=O)=O)cc1[N+](=O)[O-])c1ccn[nH]1. The fourth-order valence-electron chi connectivity index (χ4n) is 2.23. The van der Waals surface area contributed by atoms with E-state index in [0.717, 1.165) is 24.5 Å². The predicted molar refractivity (Wildman–Crippen MR) is 82.5 cm³/mol. The minimum absolute atomic E-state index is 0.203. The highest BCUT2D eigenvalue weighted by Crippen LogP contribution is 2.28. The van der Waals surface area contributed by atoms with Gasteiger partial charge in [-0.15, -0.1) is 0 Å². The number of H-pyrrole nitrogens is 1. The zero-order chi connectivity index (χ0) is 18.1. The topological polar surface area (TPSA) is 140 Å². The van der Waals surface area contributed by atoms with Gasteiger partial charge in [-0.1, -0.05) is 0 Å². The fraction of sp³-hybridized carbons (Fsp3) is 0.214. The van der Waals surface area contributed by atoms with Crippen LogP contribution in [0.5, 0.6) is 0 Å². The molecule has 24 heavy (non-hydrogen) atoms. The lowest BCUT2D eigenvalue weighted by molar-refractivity contribution is -0.385. The quantitative estimate of drug-likeness (QED) is 0.358. The fourth-order valence-corrected chi connectivity index (χ4v) is 2.87. The van der Waals surface area contributed by atoms with E-state index in [0.29, 0.717) is 0 Å². The average molecular weight is 351 g/mol. The van der Waals surface area contributed by atoms with Crippen molar-refractivity contribution in [2.45, 2.75) is 17.7 Å². The average Bonchev–Trinajstić information content (AvgIpc) is 2.99. The number of sulfone groups is 1. The summed E-state index contributed by atoms with van der Waals surface area (Å²) in [5.41, 5.74) is -0.815. The number of hydrogen-bond donors (Lipinski definition) is 1. The molecule has 1 aromatic heterocycles. The van der Waals surface area contributed by atoms with Crippen LogP contribution in [0.25, 0.3) is 0 Å². The molecule has 0 fully saturated rings. The van der Waals surface area contributed by atoms with Crippen LogP contribution >= 0.6 is 0 Å². The van der Waals surface area contributed by atoms with Gasteiger partial charge in [0.25, 0.3) is 5.69 Å². The molecule has 0 aliphatic rings. The standard InChI is InChI=1S/C14H13N3O6S/c1-8(18)13(11-5-6-15-16-11)14(19)10-4-3-9(24(2,22)23)7-12(10)17(20)21/h3-7,13H,1-2H3,(H,15,16). The summed E-state index contributed by atoms with van der Waals surface area (Å²) in [6.07, 6.45) is 2.25. The third kappa shape index (κ3) is 3.38. The molecule has 0 aliphatic carbocycles. The molecule has 1 N–H and O–H groups in total. The van der Waals surface area contributed by atoms with Gasteiger partial charge >= 0.3 is 0 Å². The molecule has 1 heterocycles. The Hall–Kier alpha value is -2.88. The summed E-state index contributed by atoms with van der Waals surface area (Å²) < 4.78 is 23.1. The zero-order valence-electron chi connectivity index (χ0n) is 12.7. The van der Waals surface area contributed by atoms with Crippen LogP contribution in [-0.2, 0) is 14.6 Å². The molecule has 10 heteroatoms. The van der Waals surface area contributed by atoms with E-state index in [9.17, 15) is 28.1 Å². The van der Waals surface area contributed by atoms with Crippen LogP contribution in [0.15, 0.2) is 35.4 Å². The highest BCUT2D eigenvalue weighted by molar-refractivity contribution is 7.90. The lowest BCUT2D eigenvalue weighted by Crippen LogP contribution is -2.21. The van der Waals surface area contributed by atoms with Crippen molar-refractivity contribution in [3.05, 3.63) is 51.8 Å². The molecule has 2 aromatic rings. The number of ketones is 2. The molecule has 0 saturated carbocycles. The number of aromatic amines is 1. The third-order valence-electron chi connectivity index (χ3n) is 3.36. The Morgan fingerprint density at radius 3 is 2.42 bits per heavy atom. The molecule has 0 aliphatic heterocycles. The van der Waals surface area contributed by atoms with Crippen LogP contribution in [0, 0.1) is 10.1 Å². The van der Waals surface area contributed by atoms with Crippen LogP contribution < -0.4 is 0 Å². The number of aromatic nitrogens is 2. The summed E-state index contributed by atoms with van der Waals surface area (Å²) in [4.78, 5) is 34.6. The Labute approximate surface area is 136 Å². The monoisotopic (exact) mass is 351 g/mol. The maximum absolute atomic E-state index is 12.6. The van der Waals surface area contributed by atoms with E-state index >= 15 is 0 Å². The lowest BCUT2D eigenvalue weighted by atomic mass is 9.90. The van der Waals surface area contributed by atoms with Gasteiger partial charge < -0.3 is 0 Å². The number of hydrogen-bond acceptors (Lipinski definition) is 7. The maximum Gasteiger partial charge on any atom is 0.281 e. The number of carbonyl (C=O) groups is 2. The van der Waals surface area contributed by atoms with E-state index in [4.69, 9.17) is 0 Å². The van der Waals surface area contributed by atoms with Gasteiger partial charge in [-0.3, -0.25) is 24.8 Å². The van der Waals surface area contributed by atoms with Crippen molar-refractivity contribution in [1.29, 1.82) is 0 Å². The molecule has 0 amide bonds. The molecular formula is C14H13N3O6S. The van der Waals surface area contributed by atoms with E-state index in [2.05, 4.69) is 10.2 Å². The first-order chi connectivity index (χ1) is 11.1. The minimum atomic E-state index is -3.68. The summed E-state index contributed by atoms with van der Waals surface area (Å²) in [5.74, 6) is -2.61. The summed E-state index contributed by atoms with van der Waals surface area (Å²) in [7, 11) is -3.68. The number of benzene rings is 1. The van der Waals surface area contributed by atoms with Crippen LogP contribution in [0.2, 0.25) is 0 Å². The van der Waals surface area contributed by atoms with Gasteiger partial charge in [0.2, 0.25) is 0 Å². The third-order valence-corrected chi connectivity index (χ3v) is 4.47. The van der Waals surface area contributed by atoms with Gasteiger partial charge in [0.15, 0.2) is 15.6 Å². The number of nitrogens with zero attached hydrogens (tertiary/aromatic N) is 2. The highest BCUT2D eigenvalue weighted by atomic mass is 32.2. The Balaban J connectivity index is 2.60. The van der Waals surface area contributed by atoms with Crippen LogP contribution in [0.3, 0.4) is 0 Å². The molecule has 0 radical (unpaired) electrons. The number of nitro groups is 1. The Kier molecular flexibility index (Phi) is 4.60. The van der Waals surface area contributed by atoms with Crippen LogP contribution in [0.4, 0.5) is 5.69 Å². The smallest absolute Gasteiger partial charge is 0.281 e. The molecule has 1 aromatic carbocycles. The van der Waals surface area contributed by atoms with Crippen LogP contribution in [-0.4, -0.2) is 41.4 Å². The van der Waals surface area contributed by atoms with Crippen molar-refractivity contribution in [2.75, 3.05) is 6.26 Å². The van der Waals surface area contributed by atoms with Gasteiger partial charge in [-0.25, -0.2) is 8.42 Å². The summed E-state index contributed by atoms with van der Waals surface area (Å²) in [5, 5.41) is 17.4. The van der Waals surface area contributed by atoms with Crippen LogP contribution in [0.1, 0.15) is 28.9 Å². The largest absolute Gasteiger partial charge is 0.299 e. The summed E-state index contributed by atoms with van der Waals surface area (Å²) in [6.45, 7) is 1.18. The van der Waals surface area contributed by atoms with Gasteiger partial charge in [-0.2, -0.15) is 5.10 Å². The Morgan fingerprint density at radius 2 is 1.96 bits per heavy atom. The number of nitrogens with one attached hydrogen (secondary N) is 1. The van der Waals surface area contributed by atoms with Crippen molar-refractivity contribution in [3.8, 4) is 0 Å².